The summed E-state index contributed by atoms with van der Waals surface area (Å²) in [6.45, 7) is 23.5. The number of rotatable bonds is 4. The second-order valence-corrected chi connectivity index (χ2v) is 5.73. The van der Waals surface area contributed by atoms with Crippen LogP contribution >= 0.6 is 0 Å². The molecular formula is C22H42. The van der Waals surface area contributed by atoms with E-state index in [2.05, 4.69) is 80.7 Å². The fourth-order valence-corrected chi connectivity index (χ4v) is 1.96. The number of unbranched alkanes of at least 4 members (excludes halogenated alkanes) is 4. The predicted octanol–water partition coefficient (Wildman–Crippen LogP) is 8.12. The van der Waals surface area contributed by atoms with Gasteiger partial charge in [-0.15, -0.1) is 13.2 Å². The van der Waals surface area contributed by atoms with Crippen LogP contribution in [-0.4, -0.2) is 0 Å². The molecule has 1 aromatic rings. The van der Waals surface area contributed by atoms with Gasteiger partial charge in [0.05, 0.1) is 0 Å². The third-order valence-electron chi connectivity index (χ3n) is 3.49. The van der Waals surface area contributed by atoms with Gasteiger partial charge in [0, 0.05) is 0 Å². The van der Waals surface area contributed by atoms with Crippen molar-refractivity contribution in [2.75, 3.05) is 0 Å². The Balaban J connectivity index is -0.000000257. The quantitative estimate of drug-likeness (QED) is 0.493. The standard InChI is InChI=1S/C10H14.2C5H12.C2H4/c1-7-5-8(2)10(4)9(3)6-7;2*1-3-5-4-2;1-2/h5-6H,1-4H3;2*3-5H2,1-2H3;1-2H2. The smallest absolute Gasteiger partial charge is 0.0392 e. The Morgan fingerprint density at radius 1 is 0.636 bits per heavy atom. The highest BCUT2D eigenvalue weighted by Gasteiger charge is 1.95. The molecule has 0 saturated carbocycles. The van der Waals surface area contributed by atoms with E-state index in [1.807, 2.05) is 0 Å². The molecule has 0 aromatic heterocycles. The molecule has 0 saturated heterocycles. The molecule has 0 aliphatic heterocycles. The molecule has 0 radical (unpaired) electrons. The second-order valence-electron chi connectivity index (χ2n) is 5.73. The molecule has 22 heavy (non-hydrogen) atoms. The summed E-state index contributed by atoms with van der Waals surface area (Å²) in [6, 6.07) is 4.45. The van der Waals surface area contributed by atoms with Gasteiger partial charge in [0.25, 0.3) is 0 Å². The van der Waals surface area contributed by atoms with Crippen LogP contribution in [0.5, 0.6) is 0 Å². The van der Waals surface area contributed by atoms with E-state index >= 15 is 0 Å². The number of benzene rings is 1. The minimum Gasteiger partial charge on any atom is -0.106 e. The first-order valence-corrected chi connectivity index (χ1v) is 8.98. The molecule has 0 spiro atoms. The van der Waals surface area contributed by atoms with Crippen LogP contribution in [0, 0.1) is 27.7 Å². The summed E-state index contributed by atoms with van der Waals surface area (Å²) < 4.78 is 0. The maximum Gasteiger partial charge on any atom is -0.0392 e. The van der Waals surface area contributed by atoms with Gasteiger partial charge in [0.15, 0.2) is 0 Å². The first kappa shape index (κ1) is 25.9. The van der Waals surface area contributed by atoms with Gasteiger partial charge >= 0.3 is 0 Å². The molecule has 0 atom stereocenters. The Morgan fingerprint density at radius 3 is 1.09 bits per heavy atom. The van der Waals surface area contributed by atoms with Crippen LogP contribution in [0.25, 0.3) is 0 Å². The van der Waals surface area contributed by atoms with E-state index in [0.29, 0.717) is 0 Å². The normalized spacial score (nSPS) is 8.55. The maximum absolute atomic E-state index is 3.00. The minimum atomic E-state index is 1.34. The molecule has 0 heterocycles. The highest BCUT2D eigenvalue weighted by Crippen LogP contribution is 2.13. The summed E-state index contributed by atoms with van der Waals surface area (Å²) >= 11 is 0. The molecule has 0 nitrogen and oxygen atoms in total. The molecule has 0 heteroatoms. The van der Waals surface area contributed by atoms with Crippen LogP contribution in [0.4, 0.5) is 0 Å². The lowest BCUT2D eigenvalue weighted by Crippen LogP contribution is -1.86. The topological polar surface area (TPSA) is 0 Å². The van der Waals surface area contributed by atoms with Gasteiger partial charge in [0.2, 0.25) is 0 Å². The van der Waals surface area contributed by atoms with Crippen LogP contribution < -0.4 is 0 Å². The van der Waals surface area contributed by atoms with E-state index < -0.39 is 0 Å². The number of hydrogen-bond donors (Lipinski definition) is 0. The molecular weight excluding hydrogens is 264 g/mol. The van der Waals surface area contributed by atoms with Gasteiger partial charge in [0.1, 0.15) is 0 Å². The third kappa shape index (κ3) is 17.0. The van der Waals surface area contributed by atoms with Crippen LogP contribution in [-0.2, 0) is 0 Å². The largest absolute Gasteiger partial charge is 0.106 e. The summed E-state index contributed by atoms with van der Waals surface area (Å²) in [5, 5.41) is 0. The van der Waals surface area contributed by atoms with E-state index in [-0.39, 0.29) is 0 Å². The zero-order chi connectivity index (χ0) is 18.0. The Hall–Kier alpha value is -1.04. The van der Waals surface area contributed by atoms with Gasteiger partial charge < -0.3 is 0 Å². The Bertz CT molecular complexity index is 303. The SMILES string of the molecule is C=C.CCCCC.CCCCC.Cc1cc(C)c(C)c(C)c1. The lowest BCUT2D eigenvalue weighted by Gasteiger charge is -2.04. The van der Waals surface area contributed by atoms with E-state index in [4.69, 9.17) is 0 Å². The highest BCUT2D eigenvalue weighted by atomic mass is 14.0. The molecule has 0 bridgehead atoms. The van der Waals surface area contributed by atoms with E-state index in [9.17, 15) is 0 Å². The van der Waals surface area contributed by atoms with Gasteiger partial charge in [-0.3, -0.25) is 0 Å². The molecule has 0 aliphatic carbocycles. The summed E-state index contributed by atoms with van der Waals surface area (Å²) in [7, 11) is 0. The molecule has 0 aliphatic rings. The van der Waals surface area contributed by atoms with Gasteiger partial charge in [-0.25, -0.2) is 0 Å². The lowest BCUT2D eigenvalue weighted by molar-refractivity contribution is 0.772. The van der Waals surface area contributed by atoms with Crippen molar-refractivity contribution in [3.8, 4) is 0 Å². The van der Waals surface area contributed by atoms with Crippen LogP contribution in [0.15, 0.2) is 25.3 Å². The van der Waals surface area contributed by atoms with Gasteiger partial charge in [-0.05, 0) is 44.4 Å². The van der Waals surface area contributed by atoms with Crippen molar-refractivity contribution < 1.29 is 0 Å². The maximum atomic E-state index is 3.00. The molecule has 130 valence electrons. The summed E-state index contributed by atoms with van der Waals surface area (Å²) in [5.74, 6) is 0. The van der Waals surface area contributed by atoms with Crippen molar-refractivity contribution in [1.82, 2.24) is 0 Å². The Kier molecular flexibility index (Phi) is 23.5. The number of aryl methyl sites for hydroxylation is 3. The number of hydrogen-bond acceptors (Lipinski definition) is 0. The van der Waals surface area contributed by atoms with Crippen LogP contribution in [0.3, 0.4) is 0 Å². The first-order chi connectivity index (χ1) is 10.4. The van der Waals surface area contributed by atoms with E-state index in [1.165, 1.54) is 60.8 Å². The monoisotopic (exact) mass is 306 g/mol. The van der Waals surface area contributed by atoms with Crippen LogP contribution in [0.1, 0.15) is 88.5 Å². The zero-order valence-electron chi connectivity index (χ0n) is 16.8. The molecule has 0 fully saturated rings. The molecule has 0 amide bonds. The van der Waals surface area contributed by atoms with Crippen molar-refractivity contribution in [2.45, 2.75) is 93.9 Å². The molecule has 0 N–H and O–H groups in total. The molecule has 0 unspecified atom stereocenters. The van der Waals surface area contributed by atoms with Crippen LogP contribution in [0.2, 0.25) is 0 Å². The first-order valence-electron chi connectivity index (χ1n) is 8.98. The Labute approximate surface area is 142 Å². The Morgan fingerprint density at radius 2 is 0.909 bits per heavy atom. The van der Waals surface area contributed by atoms with E-state index in [1.54, 1.807) is 0 Å². The van der Waals surface area contributed by atoms with Crippen molar-refractivity contribution in [2.24, 2.45) is 0 Å². The van der Waals surface area contributed by atoms with Gasteiger partial charge in [-0.2, -0.15) is 0 Å². The second kappa shape index (κ2) is 20.0. The predicted molar refractivity (Wildman–Crippen MR) is 107 cm³/mol. The minimum absolute atomic E-state index is 1.34. The highest BCUT2D eigenvalue weighted by molar-refractivity contribution is 5.35. The summed E-state index contributed by atoms with van der Waals surface area (Å²) in [6.07, 6.45) is 8.15. The van der Waals surface area contributed by atoms with Crippen molar-refractivity contribution in [3.05, 3.63) is 47.5 Å². The average molecular weight is 307 g/mol. The summed E-state index contributed by atoms with van der Waals surface area (Å²) in [4.78, 5) is 0. The summed E-state index contributed by atoms with van der Waals surface area (Å²) in [5.41, 5.74) is 5.58. The van der Waals surface area contributed by atoms with E-state index in [0.717, 1.165) is 0 Å². The van der Waals surface area contributed by atoms with Crippen molar-refractivity contribution in [3.63, 3.8) is 0 Å². The fraction of sp³-hybridized carbons (Fsp3) is 0.636. The fourth-order valence-electron chi connectivity index (χ4n) is 1.96. The molecule has 1 rings (SSSR count). The van der Waals surface area contributed by atoms with Gasteiger partial charge in [-0.1, -0.05) is 83.9 Å². The third-order valence-corrected chi connectivity index (χ3v) is 3.49. The molecule has 1 aromatic carbocycles. The van der Waals surface area contributed by atoms with Crippen molar-refractivity contribution >= 4 is 0 Å². The van der Waals surface area contributed by atoms with Crippen molar-refractivity contribution in [1.29, 1.82) is 0 Å². The lowest BCUT2D eigenvalue weighted by atomic mass is 10.0. The average Bonchev–Trinajstić information content (AvgIpc) is 2.50. The zero-order valence-corrected chi connectivity index (χ0v) is 16.8.